The molecule has 0 bridgehead atoms. The van der Waals surface area contributed by atoms with Gasteiger partial charge in [0, 0.05) is 6.54 Å². The molecule has 0 unspecified atom stereocenters. The molecule has 0 radical (unpaired) electrons. The van der Waals surface area contributed by atoms with Crippen LogP contribution in [0.25, 0.3) is 0 Å². The number of halogens is 1. The smallest absolute Gasteiger partial charge is 0.271 e. The first-order valence-corrected chi connectivity index (χ1v) is 10.8. The summed E-state index contributed by atoms with van der Waals surface area (Å²) in [6.45, 7) is 4.55. The van der Waals surface area contributed by atoms with E-state index in [-0.39, 0.29) is 22.7 Å². The quantitative estimate of drug-likeness (QED) is 0.517. The fourth-order valence-electron chi connectivity index (χ4n) is 3.32. The number of likely N-dealkylation sites (tertiary alicyclic amines) is 1. The van der Waals surface area contributed by atoms with Gasteiger partial charge in [-0.2, -0.15) is 0 Å². The first kappa shape index (κ1) is 20.9. The Morgan fingerprint density at radius 1 is 1.32 bits per heavy atom. The molecule has 6 nitrogen and oxygen atoms in total. The Labute approximate surface area is 175 Å². The number of hydrogen-bond acceptors (Lipinski definition) is 6. The van der Waals surface area contributed by atoms with Gasteiger partial charge >= 0.3 is 0 Å². The van der Waals surface area contributed by atoms with Crippen LogP contribution in [0, 0.1) is 0 Å². The zero-order valence-electron chi connectivity index (χ0n) is 16.2. The summed E-state index contributed by atoms with van der Waals surface area (Å²) in [5, 5.41) is 3.84. The van der Waals surface area contributed by atoms with Crippen LogP contribution in [0.2, 0.25) is 5.02 Å². The van der Waals surface area contributed by atoms with Crippen molar-refractivity contribution in [3.63, 3.8) is 0 Å². The number of thioether (sulfide) groups is 1. The van der Waals surface area contributed by atoms with Gasteiger partial charge in [-0.25, -0.2) is 9.97 Å². The lowest BCUT2D eigenvalue weighted by atomic mass is 10.1. The first-order valence-electron chi connectivity index (χ1n) is 9.44. The van der Waals surface area contributed by atoms with Gasteiger partial charge in [0.2, 0.25) is 0 Å². The molecule has 28 heavy (non-hydrogen) atoms. The first-order chi connectivity index (χ1) is 13.6. The van der Waals surface area contributed by atoms with Crippen LogP contribution >= 0.6 is 23.4 Å². The third kappa shape index (κ3) is 5.16. The molecular weight excluding hydrogens is 396 g/mol. The maximum Gasteiger partial charge on any atom is 0.271 e. The molecule has 3 rings (SSSR count). The van der Waals surface area contributed by atoms with Crippen molar-refractivity contribution in [3.05, 3.63) is 46.7 Å². The summed E-state index contributed by atoms with van der Waals surface area (Å²) in [6.07, 6.45) is 3.84. The van der Waals surface area contributed by atoms with E-state index < -0.39 is 0 Å². The Kier molecular flexibility index (Phi) is 7.53. The summed E-state index contributed by atoms with van der Waals surface area (Å²) >= 11 is 7.64. The lowest BCUT2D eigenvalue weighted by Gasteiger charge is -2.28. The van der Waals surface area contributed by atoms with Gasteiger partial charge in [-0.15, -0.1) is 0 Å². The minimum absolute atomic E-state index is 0.0995. The van der Waals surface area contributed by atoms with E-state index in [1.807, 2.05) is 19.1 Å². The fraction of sp³-hybridized carbons (Fsp3) is 0.450. The molecule has 2 aromatic rings. The number of aromatic nitrogens is 2. The van der Waals surface area contributed by atoms with Crippen molar-refractivity contribution in [2.45, 2.75) is 31.0 Å². The highest BCUT2D eigenvalue weighted by molar-refractivity contribution is 7.99. The number of benzene rings is 1. The van der Waals surface area contributed by atoms with Crippen molar-refractivity contribution >= 4 is 29.3 Å². The molecule has 1 aliphatic heterocycles. The van der Waals surface area contributed by atoms with Crippen LogP contribution in [-0.4, -0.2) is 53.3 Å². The van der Waals surface area contributed by atoms with Crippen molar-refractivity contribution in [1.82, 2.24) is 20.2 Å². The number of ether oxygens (including phenoxy) is 1. The van der Waals surface area contributed by atoms with Crippen molar-refractivity contribution in [2.24, 2.45) is 0 Å². The second kappa shape index (κ2) is 10.1. The van der Waals surface area contributed by atoms with E-state index >= 15 is 0 Å². The lowest BCUT2D eigenvalue weighted by Crippen LogP contribution is -2.37. The molecule has 0 spiro atoms. The third-order valence-corrected chi connectivity index (χ3v) is 5.77. The predicted molar refractivity (Wildman–Crippen MR) is 112 cm³/mol. The summed E-state index contributed by atoms with van der Waals surface area (Å²) in [6, 6.07) is 8.12. The van der Waals surface area contributed by atoms with Crippen LogP contribution in [0.3, 0.4) is 0 Å². The summed E-state index contributed by atoms with van der Waals surface area (Å²) in [5.41, 5.74) is 1.38. The normalized spacial score (nSPS) is 15.4. The molecule has 1 saturated heterocycles. The molecular formula is C20H25ClN4O2S. The Hall–Kier alpha value is -1.83. The number of amides is 1. The van der Waals surface area contributed by atoms with Gasteiger partial charge in [-0.1, -0.05) is 42.4 Å². The summed E-state index contributed by atoms with van der Waals surface area (Å²) in [5.74, 6) is 1.38. The van der Waals surface area contributed by atoms with Gasteiger partial charge < -0.3 is 10.1 Å². The zero-order chi connectivity index (χ0) is 19.9. The van der Waals surface area contributed by atoms with E-state index in [4.69, 9.17) is 16.3 Å². The third-order valence-electron chi connectivity index (χ3n) is 4.75. The molecule has 150 valence electrons. The van der Waals surface area contributed by atoms with Crippen LogP contribution < -0.4 is 10.1 Å². The van der Waals surface area contributed by atoms with Crippen molar-refractivity contribution in [1.29, 1.82) is 0 Å². The van der Waals surface area contributed by atoms with Crippen molar-refractivity contribution in [3.8, 4) is 5.75 Å². The average molecular weight is 421 g/mol. The minimum atomic E-state index is -0.275. The van der Waals surface area contributed by atoms with E-state index in [2.05, 4.69) is 32.3 Å². The zero-order valence-corrected chi connectivity index (χ0v) is 17.7. The Morgan fingerprint density at radius 3 is 2.68 bits per heavy atom. The van der Waals surface area contributed by atoms with Crippen molar-refractivity contribution < 1.29 is 9.53 Å². The van der Waals surface area contributed by atoms with Gasteiger partial charge in [0.25, 0.3) is 5.91 Å². The minimum Gasteiger partial charge on any atom is -0.497 e. The average Bonchev–Trinajstić information content (AvgIpc) is 3.24. The van der Waals surface area contributed by atoms with Gasteiger partial charge in [0.15, 0.2) is 10.9 Å². The molecule has 1 fully saturated rings. The number of nitrogens with one attached hydrogen (secondary N) is 1. The van der Waals surface area contributed by atoms with E-state index in [1.54, 1.807) is 7.11 Å². The van der Waals surface area contributed by atoms with Gasteiger partial charge in [-0.05, 0) is 49.4 Å². The number of hydrogen-bond donors (Lipinski definition) is 1. The second-order valence-electron chi connectivity index (χ2n) is 6.52. The molecule has 1 aromatic carbocycles. The maximum absolute atomic E-state index is 12.7. The Bertz CT molecular complexity index is 797. The van der Waals surface area contributed by atoms with Crippen molar-refractivity contribution in [2.75, 3.05) is 32.5 Å². The van der Waals surface area contributed by atoms with Gasteiger partial charge in [0.1, 0.15) is 5.75 Å². The van der Waals surface area contributed by atoms with Gasteiger partial charge in [-0.3, -0.25) is 9.69 Å². The predicted octanol–water partition coefficient (Wildman–Crippen LogP) is 3.82. The highest BCUT2D eigenvalue weighted by atomic mass is 35.5. The van der Waals surface area contributed by atoms with E-state index in [9.17, 15) is 4.79 Å². The molecule has 1 N–H and O–H groups in total. The van der Waals surface area contributed by atoms with Crippen LogP contribution in [0.1, 0.15) is 41.9 Å². The Balaban J connectivity index is 1.74. The van der Waals surface area contributed by atoms with Gasteiger partial charge in [0.05, 0.1) is 24.4 Å². The summed E-state index contributed by atoms with van der Waals surface area (Å²) in [4.78, 5) is 23.6. The molecule has 2 heterocycles. The molecule has 8 heteroatoms. The number of carbonyl (C=O) groups excluding carboxylic acids is 1. The lowest BCUT2D eigenvalue weighted by molar-refractivity contribution is 0.0932. The van der Waals surface area contributed by atoms with E-state index in [0.717, 1.165) is 30.2 Å². The highest BCUT2D eigenvalue weighted by Gasteiger charge is 2.25. The summed E-state index contributed by atoms with van der Waals surface area (Å²) < 4.78 is 5.26. The standard InChI is InChI=1S/C20H25ClN4O2S/c1-3-28-20-23-12-16(21)18(24-20)19(26)22-13-17(25-10-4-5-11-25)14-6-8-15(27-2)9-7-14/h6-9,12,17H,3-5,10-11,13H2,1-2H3,(H,22,26)/t17-/m0/s1. The number of methoxy groups -OCH3 is 1. The number of rotatable bonds is 8. The van der Waals surface area contributed by atoms with Crippen LogP contribution in [0.5, 0.6) is 5.75 Å². The summed E-state index contributed by atoms with van der Waals surface area (Å²) in [7, 11) is 1.66. The molecule has 1 amide bonds. The SMILES string of the molecule is CCSc1ncc(Cl)c(C(=O)NC[C@@H](c2ccc(OC)cc2)N2CCCC2)n1. The van der Waals surface area contributed by atoms with E-state index in [1.165, 1.54) is 30.8 Å². The molecule has 0 saturated carbocycles. The maximum atomic E-state index is 12.7. The van der Waals surface area contributed by atoms with E-state index in [0.29, 0.717) is 11.7 Å². The molecule has 1 aromatic heterocycles. The molecule has 1 atom stereocenters. The topological polar surface area (TPSA) is 67.3 Å². The number of carbonyl (C=O) groups is 1. The van der Waals surface area contributed by atoms with Crippen LogP contribution in [0.15, 0.2) is 35.6 Å². The largest absolute Gasteiger partial charge is 0.497 e. The second-order valence-corrected chi connectivity index (χ2v) is 8.16. The Morgan fingerprint density at radius 2 is 2.04 bits per heavy atom. The fourth-order valence-corrected chi connectivity index (χ4v) is 4.04. The monoisotopic (exact) mass is 420 g/mol. The van der Waals surface area contributed by atoms with Crippen LogP contribution in [-0.2, 0) is 0 Å². The highest BCUT2D eigenvalue weighted by Crippen LogP contribution is 2.26. The molecule has 1 aliphatic rings. The molecule has 0 aliphatic carbocycles. The van der Waals surface area contributed by atoms with Crippen LogP contribution in [0.4, 0.5) is 0 Å². The number of nitrogens with zero attached hydrogens (tertiary/aromatic N) is 3.